The molecule has 0 aromatic carbocycles. The van der Waals surface area contributed by atoms with E-state index in [0.29, 0.717) is 36.7 Å². The number of nitrogens with zero attached hydrogens (tertiary/aromatic N) is 2. The van der Waals surface area contributed by atoms with Crippen molar-refractivity contribution < 1.29 is 23.9 Å². The van der Waals surface area contributed by atoms with E-state index in [9.17, 15) is 14.4 Å². The highest BCUT2D eigenvalue weighted by Gasteiger charge is 2.19. The Morgan fingerprint density at radius 3 is 2.58 bits per heavy atom. The number of rotatable bonds is 6. The number of hydrogen-bond donors (Lipinski definition) is 0. The number of amides is 1. The Balaban J connectivity index is 1.51. The monoisotopic (exact) mass is 374 g/mol. The molecule has 0 radical (unpaired) electrons. The van der Waals surface area contributed by atoms with Gasteiger partial charge in [-0.15, -0.1) is 11.3 Å². The lowest BCUT2D eigenvalue weighted by molar-refractivity contribution is -0.134. The predicted molar refractivity (Wildman–Crippen MR) is 94.3 cm³/mol. The third-order valence-corrected chi connectivity index (χ3v) is 5.00. The highest BCUT2D eigenvalue weighted by atomic mass is 32.1. The summed E-state index contributed by atoms with van der Waals surface area (Å²) in [6.45, 7) is 1.98. The van der Waals surface area contributed by atoms with Gasteiger partial charge in [0.05, 0.1) is 30.1 Å². The second kappa shape index (κ2) is 8.68. The average Bonchev–Trinajstić information content (AvgIpc) is 3.15. The molecule has 0 atom stereocenters. The highest BCUT2D eigenvalue weighted by Crippen LogP contribution is 2.19. The maximum atomic E-state index is 12.2. The first kappa shape index (κ1) is 18.2. The lowest BCUT2D eigenvalue weighted by Crippen LogP contribution is -2.41. The van der Waals surface area contributed by atoms with Crippen LogP contribution in [0.4, 0.5) is 0 Å². The molecule has 0 bridgehead atoms. The summed E-state index contributed by atoms with van der Waals surface area (Å²) in [6, 6.07) is 6.47. The molecule has 2 aromatic rings. The van der Waals surface area contributed by atoms with E-state index >= 15 is 0 Å². The molecule has 0 unspecified atom stereocenters. The van der Waals surface area contributed by atoms with Crippen molar-refractivity contribution in [1.29, 1.82) is 0 Å². The van der Waals surface area contributed by atoms with Crippen LogP contribution in [-0.4, -0.2) is 60.5 Å². The molecule has 2 aromatic heterocycles. The minimum Gasteiger partial charge on any atom is -0.454 e. The smallest absolute Gasteiger partial charge is 0.338 e. The quantitative estimate of drug-likeness (QED) is 0.564. The fourth-order valence-corrected chi connectivity index (χ4v) is 3.39. The number of carbonyl (C=O) groups is 3. The van der Waals surface area contributed by atoms with Crippen molar-refractivity contribution >= 4 is 29.0 Å². The summed E-state index contributed by atoms with van der Waals surface area (Å²) in [5.74, 6) is -0.833. The summed E-state index contributed by atoms with van der Waals surface area (Å²) in [7, 11) is 0. The van der Waals surface area contributed by atoms with Gasteiger partial charge in [0.25, 0.3) is 0 Å². The maximum Gasteiger partial charge on any atom is 0.338 e. The Labute approximate surface area is 154 Å². The molecule has 1 saturated heterocycles. The molecule has 0 aliphatic carbocycles. The Kier molecular flexibility index (Phi) is 6.08. The Morgan fingerprint density at radius 2 is 1.85 bits per heavy atom. The van der Waals surface area contributed by atoms with E-state index in [0.717, 1.165) is 4.88 Å². The second-order valence-electron chi connectivity index (χ2n) is 5.67. The highest BCUT2D eigenvalue weighted by molar-refractivity contribution is 7.14. The van der Waals surface area contributed by atoms with Crippen LogP contribution in [0.5, 0.6) is 0 Å². The van der Waals surface area contributed by atoms with Crippen LogP contribution in [0.25, 0.3) is 0 Å². The molecule has 3 heterocycles. The zero-order valence-electron chi connectivity index (χ0n) is 14.1. The molecule has 1 aliphatic heterocycles. The minimum absolute atomic E-state index is 0.0262. The van der Waals surface area contributed by atoms with Crippen molar-refractivity contribution in [3.05, 3.63) is 52.0 Å². The molecule has 8 heteroatoms. The van der Waals surface area contributed by atoms with Crippen LogP contribution < -0.4 is 0 Å². The number of aromatic nitrogens is 1. The van der Waals surface area contributed by atoms with E-state index in [1.54, 1.807) is 17.0 Å². The van der Waals surface area contributed by atoms with Crippen LogP contribution in [-0.2, 0) is 20.7 Å². The van der Waals surface area contributed by atoms with Gasteiger partial charge in [-0.1, -0.05) is 0 Å². The number of morpholine rings is 1. The summed E-state index contributed by atoms with van der Waals surface area (Å²) < 4.78 is 10.3. The van der Waals surface area contributed by atoms with E-state index in [4.69, 9.17) is 9.47 Å². The first-order chi connectivity index (χ1) is 12.6. The fraction of sp³-hybridized carbons (Fsp3) is 0.333. The van der Waals surface area contributed by atoms with E-state index in [1.807, 2.05) is 0 Å². The summed E-state index contributed by atoms with van der Waals surface area (Å²) in [5.41, 5.74) is 0.343. The predicted octanol–water partition coefficient (Wildman–Crippen LogP) is 1.58. The summed E-state index contributed by atoms with van der Waals surface area (Å²) in [4.78, 5) is 43.1. The third kappa shape index (κ3) is 4.74. The lowest BCUT2D eigenvalue weighted by atomic mass is 10.2. The average molecular weight is 374 g/mol. The van der Waals surface area contributed by atoms with E-state index in [2.05, 4.69) is 4.98 Å². The van der Waals surface area contributed by atoms with Crippen LogP contribution in [0, 0.1) is 0 Å². The normalized spacial score (nSPS) is 14.1. The lowest BCUT2D eigenvalue weighted by Gasteiger charge is -2.26. The van der Waals surface area contributed by atoms with Gasteiger partial charge in [-0.3, -0.25) is 14.6 Å². The number of carbonyl (C=O) groups excluding carboxylic acids is 3. The molecular formula is C18H18N2O5S. The van der Waals surface area contributed by atoms with Gasteiger partial charge in [-0.2, -0.15) is 0 Å². The first-order valence-corrected chi connectivity index (χ1v) is 9.00. The minimum atomic E-state index is -0.569. The van der Waals surface area contributed by atoms with Crippen LogP contribution in [0.1, 0.15) is 24.9 Å². The molecule has 0 spiro atoms. The maximum absolute atomic E-state index is 12.2. The third-order valence-electron chi connectivity index (χ3n) is 3.88. The number of thiophene rings is 1. The second-order valence-corrected chi connectivity index (χ2v) is 6.84. The number of esters is 1. The van der Waals surface area contributed by atoms with Crippen LogP contribution in [0.2, 0.25) is 0 Å². The van der Waals surface area contributed by atoms with Gasteiger partial charge in [0.2, 0.25) is 11.7 Å². The number of ketones is 1. The molecule has 1 fully saturated rings. The van der Waals surface area contributed by atoms with Crippen molar-refractivity contribution in [2.45, 2.75) is 6.42 Å². The molecule has 1 amide bonds. The first-order valence-electron chi connectivity index (χ1n) is 8.18. The molecular weight excluding hydrogens is 356 g/mol. The Morgan fingerprint density at radius 1 is 1.12 bits per heavy atom. The van der Waals surface area contributed by atoms with Gasteiger partial charge in [0, 0.05) is 30.4 Å². The molecule has 1 aliphatic rings. The van der Waals surface area contributed by atoms with E-state index in [1.165, 1.54) is 35.9 Å². The van der Waals surface area contributed by atoms with Gasteiger partial charge in [0.1, 0.15) is 0 Å². The molecule has 0 saturated carbocycles. The number of pyridine rings is 1. The van der Waals surface area contributed by atoms with Gasteiger partial charge in [0.15, 0.2) is 6.61 Å². The Bertz CT molecular complexity index is 784. The van der Waals surface area contributed by atoms with Gasteiger partial charge >= 0.3 is 5.97 Å². The van der Waals surface area contributed by atoms with Crippen LogP contribution in [0.15, 0.2) is 36.7 Å². The summed E-state index contributed by atoms with van der Waals surface area (Å²) >= 11 is 1.25. The van der Waals surface area contributed by atoms with E-state index in [-0.39, 0.29) is 24.7 Å². The SMILES string of the molecule is O=C(OCC(=O)c1ccc(CC(=O)N2CCOCC2)s1)c1ccncc1. The van der Waals surface area contributed by atoms with E-state index < -0.39 is 5.97 Å². The van der Waals surface area contributed by atoms with Crippen LogP contribution >= 0.6 is 11.3 Å². The molecule has 7 nitrogen and oxygen atoms in total. The number of ether oxygens (including phenoxy) is 2. The number of Topliss-reactive ketones (excluding diaryl/α,β-unsaturated/α-hetero) is 1. The molecule has 3 rings (SSSR count). The molecule has 26 heavy (non-hydrogen) atoms. The molecule has 136 valence electrons. The number of hydrogen-bond acceptors (Lipinski definition) is 7. The summed E-state index contributed by atoms with van der Waals surface area (Å²) in [6.07, 6.45) is 3.22. The van der Waals surface area contributed by atoms with Crippen molar-refractivity contribution in [1.82, 2.24) is 9.88 Å². The van der Waals surface area contributed by atoms with Gasteiger partial charge in [-0.25, -0.2) is 4.79 Å². The summed E-state index contributed by atoms with van der Waals surface area (Å²) in [5, 5.41) is 0. The van der Waals surface area contributed by atoms with Crippen molar-refractivity contribution in [2.24, 2.45) is 0 Å². The Hall–Kier alpha value is -2.58. The largest absolute Gasteiger partial charge is 0.454 e. The zero-order chi connectivity index (χ0) is 18.4. The standard InChI is InChI=1S/C18H18N2O5S/c21-15(12-25-18(23)13-3-5-19-6-4-13)16-2-1-14(26-16)11-17(22)20-7-9-24-10-8-20/h1-6H,7-12H2. The topological polar surface area (TPSA) is 85.8 Å². The van der Waals surface area contributed by atoms with Gasteiger partial charge in [-0.05, 0) is 24.3 Å². The molecule has 0 N–H and O–H groups in total. The van der Waals surface area contributed by atoms with Crippen molar-refractivity contribution in [3.63, 3.8) is 0 Å². The van der Waals surface area contributed by atoms with Crippen molar-refractivity contribution in [3.8, 4) is 0 Å². The zero-order valence-corrected chi connectivity index (χ0v) is 14.9. The van der Waals surface area contributed by atoms with Crippen LogP contribution in [0.3, 0.4) is 0 Å². The van der Waals surface area contributed by atoms with Gasteiger partial charge < -0.3 is 14.4 Å². The fourth-order valence-electron chi connectivity index (χ4n) is 2.47. The van der Waals surface area contributed by atoms with Crippen molar-refractivity contribution in [2.75, 3.05) is 32.9 Å².